The second-order valence-electron chi connectivity index (χ2n) is 7.21. The number of nitrogens with zero attached hydrogens (tertiary/aromatic N) is 1. The summed E-state index contributed by atoms with van der Waals surface area (Å²) in [6, 6.07) is 11.8. The molecule has 6 heteroatoms. The van der Waals surface area contributed by atoms with E-state index in [4.69, 9.17) is 4.74 Å². The van der Waals surface area contributed by atoms with Crippen molar-refractivity contribution in [3.8, 4) is 5.75 Å². The first kappa shape index (κ1) is 20.3. The lowest BCUT2D eigenvalue weighted by Gasteiger charge is -2.27. The second-order valence-corrected chi connectivity index (χ2v) is 7.21. The zero-order valence-corrected chi connectivity index (χ0v) is 17.0. The number of aryl methyl sites for hydroxylation is 2. The van der Waals surface area contributed by atoms with Crippen LogP contribution >= 0.6 is 0 Å². The van der Waals surface area contributed by atoms with Gasteiger partial charge in [-0.05, 0) is 74.2 Å². The fraction of sp³-hybridized carbons (Fsp3) is 0.261. The molecule has 0 aromatic heterocycles. The molecule has 0 unspecified atom stereocenters. The van der Waals surface area contributed by atoms with Crippen LogP contribution in [0.2, 0.25) is 0 Å². The molecule has 6 nitrogen and oxygen atoms in total. The summed E-state index contributed by atoms with van der Waals surface area (Å²) in [6.07, 6.45) is 2.47. The van der Waals surface area contributed by atoms with Gasteiger partial charge in [-0.3, -0.25) is 14.9 Å². The van der Waals surface area contributed by atoms with Crippen molar-refractivity contribution in [3.05, 3.63) is 64.7 Å². The standard InChI is InChI=1S/C23H24N2O4/c1-5-16(4)29-19-8-6-17(7-9-19)13-20-21(26)24-23(28)25(22(20)27)18-11-14(2)10-15(3)12-18/h6-13,16H,5H2,1-4H3,(H,24,26,28)/b20-13-/t16-/m1/s1. The molecule has 150 valence electrons. The molecule has 1 fully saturated rings. The van der Waals surface area contributed by atoms with E-state index in [9.17, 15) is 14.4 Å². The zero-order valence-electron chi connectivity index (χ0n) is 17.0. The van der Waals surface area contributed by atoms with Gasteiger partial charge in [-0.1, -0.05) is 25.1 Å². The summed E-state index contributed by atoms with van der Waals surface area (Å²) in [7, 11) is 0. The minimum atomic E-state index is -0.751. The third-order valence-electron chi connectivity index (χ3n) is 4.67. The Morgan fingerprint density at radius 1 is 1.03 bits per heavy atom. The van der Waals surface area contributed by atoms with Crippen LogP contribution < -0.4 is 15.0 Å². The SMILES string of the molecule is CC[C@@H](C)Oc1ccc(/C=C2/C(=O)NC(=O)N(c3cc(C)cc(C)c3)C2=O)cc1. The van der Waals surface area contributed by atoms with Crippen LogP contribution in [0.15, 0.2) is 48.0 Å². The van der Waals surface area contributed by atoms with E-state index < -0.39 is 17.8 Å². The van der Waals surface area contributed by atoms with Crippen LogP contribution in [0.4, 0.5) is 10.5 Å². The molecule has 0 saturated carbocycles. The van der Waals surface area contributed by atoms with Crippen molar-refractivity contribution in [2.75, 3.05) is 4.90 Å². The molecular formula is C23H24N2O4. The number of carbonyl (C=O) groups excluding carboxylic acids is 3. The maximum atomic E-state index is 13.0. The molecule has 1 aliphatic rings. The van der Waals surface area contributed by atoms with Crippen molar-refractivity contribution in [1.29, 1.82) is 0 Å². The summed E-state index contributed by atoms with van der Waals surface area (Å²) < 4.78 is 5.74. The number of hydrogen-bond donors (Lipinski definition) is 1. The van der Waals surface area contributed by atoms with Gasteiger partial charge in [-0.25, -0.2) is 9.69 Å². The Kier molecular flexibility index (Phi) is 5.82. The van der Waals surface area contributed by atoms with Crippen molar-refractivity contribution in [3.63, 3.8) is 0 Å². The molecule has 1 saturated heterocycles. The van der Waals surface area contributed by atoms with Gasteiger partial charge in [0.15, 0.2) is 0 Å². The monoisotopic (exact) mass is 392 g/mol. The van der Waals surface area contributed by atoms with Gasteiger partial charge in [0, 0.05) is 0 Å². The molecule has 2 aromatic carbocycles. The number of amides is 4. The maximum absolute atomic E-state index is 13.0. The lowest BCUT2D eigenvalue weighted by Crippen LogP contribution is -2.54. The van der Waals surface area contributed by atoms with E-state index in [0.29, 0.717) is 17.0 Å². The van der Waals surface area contributed by atoms with E-state index in [1.165, 1.54) is 6.08 Å². The third-order valence-corrected chi connectivity index (χ3v) is 4.67. The highest BCUT2D eigenvalue weighted by Gasteiger charge is 2.36. The smallest absolute Gasteiger partial charge is 0.335 e. The average Bonchev–Trinajstić information content (AvgIpc) is 2.65. The van der Waals surface area contributed by atoms with Gasteiger partial charge in [0.2, 0.25) is 0 Å². The van der Waals surface area contributed by atoms with Gasteiger partial charge >= 0.3 is 6.03 Å². The molecular weight excluding hydrogens is 368 g/mol. The van der Waals surface area contributed by atoms with E-state index >= 15 is 0 Å². The normalized spacial score (nSPS) is 16.8. The lowest BCUT2D eigenvalue weighted by molar-refractivity contribution is -0.122. The van der Waals surface area contributed by atoms with Gasteiger partial charge < -0.3 is 4.74 Å². The molecule has 0 spiro atoms. The Morgan fingerprint density at radius 3 is 2.24 bits per heavy atom. The van der Waals surface area contributed by atoms with E-state index in [0.717, 1.165) is 22.4 Å². The molecule has 1 N–H and O–H groups in total. The largest absolute Gasteiger partial charge is 0.491 e. The topological polar surface area (TPSA) is 75.7 Å². The van der Waals surface area contributed by atoms with Crippen molar-refractivity contribution in [2.24, 2.45) is 0 Å². The minimum Gasteiger partial charge on any atom is -0.491 e. The Bertz CT molecular complexity index is 972. The lowest BCUT2D eigenvalue weighted by atomic mass is 10.1. The van der Waals surface area contributed by atoms with Crippen molar-refractivity contribution in [2.45, 2.75) is 40.2 Å². The van der Waals surface area contributed by atoms with Gasteiger partial charge in [0.25, 0.3) is 11.8 Å². The molecule has 2 aromatic rings. The molecule has 0 radical (unpaired) electrons. The van der Waals surface area contributed by atoms with E-state index in [-0.39, 0.29) is 11.7 Å². The summed E-state index contributed by atoms with van der Waals surface area (Å²) in [5, 5.41) is 2.25. The highest BCUT2D eigenvalue weighted by Crippen LogP contribution is 2.25. The number of rotatable bonds is 5. The number of barbiturate groups is 1. The Morgan fingerprint density at radius 2 is 1.66 bits per heavy atom. The maximum Gasteiger partial charge on any atom is 0.335 e. The number of imide groups is 2. The first-order chi connectivity index (χ1) is 13.8. The predicted octanol–water partition coefficient (Wildman–Crippen LogP) is 4.15. The van der Waals surface area contributed by atoms with Gasteiger partial charge in [-0.15, -0.1) is 0 Å². The molecule has 0 aliphatic carbocycles. The second kappa shape index (κ2) is 8.31. The van der Waals surface area contributed by atoms with Gasteiger partial charge in [0.05, 0.1) is 11.8 Å². The average molecular weight is 392 g/mol. The van der Waals surface area contributed by atoms with Crippen LogP contribution in [0, 0.1) is 13.8 Å². The highest BCUT2D eigenvalue weighted by molar-refractivity contribution is 6.39. The Balaban J connectivity index is 1.91. The first-order valence-electron chi connectivity index (χ1n) is 9.55. The minimum absolute atomic E-state index is 0.0978. The van der Waals surface area contributed by atoms with Crippen LogP contribution in [-0.2, 0) is 9.59 Å². The summed E-state index contributed by atoms with van der Waals surface area (Å²) in [5.74, 6) is -0.641. The van der Waals surface area contributed by atoms with E-state index in [2.05, 4.69) is 5.32 Å². The highest BCUT2D eigenvalue weighted by atomic mass is 16.5. The summed E-state index contributed by atoms with van der Waals surface area (Å²) in [6.45, 7) is 7.79. The summed E-state index contributed by atoms with van der Waals surface area (Å²) in [4.78, 5) is 38.6. The zero-order chi connectivity index (χ0) is 21.1. The van der Waals surface area contributed by atoms with Crippen molar-refractivity contribution >= 4 is 29.6 Å². The summed E-state index contributed by atoms with van der Waals surface area (Å²) in [5.41, 5.74) is 2.83. The predicted molar refractivity (Wildman–Crippen MR) is 112 cm³/mol. The van der Waals surface area contributed by atoms with Crippen molar-refractivity contribution in [1.82, 2.24) is 5.32 Å². The molecule has 29 heavy (non-hydrogen) atoms. The van der Waals surface area contributed by atoms with Crippen LogP contribution in [0.5, 0.6) is 5.75 Å². The van der Waals surface area contributed by atoms with E-state index in [1.807, 2.05) is 33.8 Å². The number of ether oxygens (including phenoxy) is 1. The number of urea groups is 1. The number of anilines is 1. The molecule has 1 heterocycles. The number of carbonyl (C=O) groups is 3. The Labute approximate surface area is 170 Å². The van der Waals surface area contributed by atoms with Gasteiger partial charge in [0.1, 0.15) is 11.3 Å². The number of benzene rings is 2. The fourth-order valence-corrected chi connectivity index (χ4v) is 3.10. The number of nitrogens with one attached hydrogen (secondary N) is 1. The fourth-order valence-electron chi connectivity index (χ4n) is 3.10. The first-order valence-corrected chi connectivity index (χ1v) is 9.55. The van der Waals surface area contributed by atoms with Crippen LogP contribution in [-0.4, -0.2) is 23.9 Å². The van der Waals surface area contributed by atoms with Crippen LogP contribution in [0.1, 0.15) is 37.0 Å². The quantitative estimate of drug-likeness (QED) is 0.613. The molecule has 4 amide bonds. The molecule has 3 rings (SSSR count). The van der Waals surface area contributed by atoms with Crippen LogP contribution in [0.25, 0.3) is 6.08 Å². The summed E-state index contributed by atoms with van der Waals surface area (Å²) >= 11 is 0. The number of hydrogen-bond acceptors (Lipinski definition) is 4. The third kappa shape index (κ3) is 4.54. The molecule has 1 aliphatic heterocycles. The van der Waals surface area contributed by atoms with Crippen LogP contribution in [0.3, 0.4) is 0 Å². The van der Waals surface area contributed by atoms with E-state index in [1.54, 1.807) is 36.4 Å². The Hall–Kier alpha value is -3.41. The molecule has 0 bridgehead atoms. The van der Waals surface area contributed by atoms with Crippen molar-refractivity contribution < 1.29 is 19.1 Å². The molecule has 1 atom stereocenters. The van der Waals surface area contributed by atoms with Gasteiger partial charge in [-0.2, -0.15) is 0 Å².